The summed E-state index contributed by atoms with van der Waals surface area (Å²) in [6, 6.07) is 17.3. The molecular weight excluding hydrogens is 490 g/mol. The van der Waals surface area contributed by atoms with E-state index in [1.54, 1.807) is 21.9 Å². The van der Waals surface area contributed by atoms with Crippen molar-refractivity contribution < 1.29 is 18.7 Å². The zero-order chi connectivity index (χ0) is 26.2. The van der Waals surface area contributed by atoms with Gasteiger partial charge in [-0.3, -0.25) is 14.5 Å². The van der Waals surface area contributed by atoms with Gasteiger partial charge in [-0.05, 0) is 59.9 Å². The van der Waals surface area contributed by atoms with Crippen LogP contribution in [0.15, 0.2) is 59.0 Å². The van der Waals surface area contributed by atoms with Gasteiger partial charge in [0.2, 0.25) is 0 Å². The van der Waals surface area contributed by atoms with Crippen molar-refractivity contribution in [2.75, 3.05) is 42.6 Å². The minimum atomic E-state index is -0.141. The lowest BCUT2D eigenvalue weighted by Gasteiger charge is -2.35. The number of ether oxygens (including phenoxy) is 1. The standard InChI is InChI=1S/C29H32ClN3O4/c1-4-29(2,3)20-8-10-25-24(16-20)33(27(34)19-36-25)18-23-9-11-26(37-23)28(35)32-14-12-31(13-15-32)22-7-5-6-21(30)17-22/h5-11,16-17H,4,12-15,18-19H2,1-3H3. The van der Waals surface area contributed by atoms with Crippen LogP contribution in [0.3, 0.4) is 0 Å². The number of hydrogen-bond donors (Lipinski definition) is 0. The Hall–Kier alpha value is -3.45. The molecule has 3 aromatic rings. The topological polar surface area (TPSA) is 66.2 Å². The van der Waals surface area contributed by atoms with E-state index in [1.807, 2.05) is 36.4 Å². The molecular formula is C29H32ClN3O4. The first-order chi connectivity index (χ1) is 17.7. The van der Waals surface area contributed by atoms with Crippen molar-refractivity contribution in [1.82, 2.24) is 4.90 Å². The lowest BCUT2D eigenvalue weighted by Crippen LogP contribution is -2.48. The molecule has 3 heterocycles. The number of carbonyl (C=O) groups excluding carboxylic acids is 2. The van der Waals surface area contributed by atoms with E-state index in [0.29, 0.717) is 29.6 Å². The molecule has 0 radical (unpaired) electrons. The number of anilines is 2. The van der Waals surface area contributed by atoms with Crippen LogP contribution >= 0.6 is 11.6 Å². The first kappa shape index (κ1) is 25.2. The third-order valence-corrected chi connectivity index (χ3v) is 7.73. The molecule has 8 heteroatoms. The zero-order valence-corrected chi connectivity index (χ0v) is 22.3. The van der Waals surface area contributed by atoms with Crippen LogP contribution in [0.4, 0.5) is 11.4 Å². The Morgan fingerprint density at radius 2 is 1.81 bits per heavy atom. The molecule has 2 aliphatic rings. The average molecular weight is 522 g/mol. The van der Waals surface area contributed by atoms with Crippen LogP contribution in [0.1, 0.15) is 49.1 Å². The highest BCUT2D eigenvalue weighted by atomic mass is 35.5. The van der Waals surface area contributed by atoms with Crippen molar-refractivity contribution in [3.63, 3.8) is 0 Å². The minimum absolute atomic E-state index is 0.0209. The van der Waals surface area contributed by atoms with Gasteiger partial charge in [-0.1, -0.05) is 44.5 Å². The molecule has 2 aromatic carbocycles. The molecule has 0 saturated carbocycles. The monoisotopic (exact) mass is 521 g/mol. The maximum absolute atomic E-state index is 13.1. The van der Waals surface area contributed by atoms with E-state index in [9.17, 15) is 9.59 Å². The number of furan rings is 1. The fourth-order valence-corrected chi connectivity index (χ4v) is 4.92. The number of hydrogen-bond acceptors (Lipinski definition) is 5. The Morgan fingerprint density at radius 3 is 2.54 bits per heavy atom. The zero-order valence-electron chi connectivity index (χ0n) is 21.5. The summed E-state index contributed by atoms with van der Waals surface area (Å²) in [5.41, 5.74) is 2.91. The summed E-state index contributed by atoms with van der Waals surface area (Å²) in [5.74, 6) is 1.24. The molecule has 7 nitrogen and oxygen atoms in total. The van der Waals surface area contributed by atoms with Crippen LogP contribution < -0.4 is 14.5 Å². The molecule has 1 saturated heterocycles. The second kappa shape index (κ2) is 10.1. The summed E-state index contributed by atoms with van der Waals surface area (Å²) >= 11 is 6.13. The van der Waals surface area contributed by atoms with Crippen molar-refractivity contribution in [3.8, 4) is 5.75 Å². The summed E-state index contributed by atoms with van der Waals surface area (Å²) in [4.78, 5) is 31.7. The van der Waals surface area contributed by atoms with Gasteiger partial charge in [0, 0.05) is 36.9 Å². The second-order valence-corrected chi connectivity index (χ2v) is 10.7. The Labute approximate surface area is 222 Å². The van der Waals surface area contributed by atoms with E-state index >= 15 is 0 Å². The van der Waals surface area contributed by atoms with Crippen molar-refractivity contribution in [2.24, 2.45) is 0 Å². The van der Waals surface area contributed by atoms with Crippen LogP contribution in [0.5, 0.6) is 5.75 Å². The van der Waals surface area contributed by atoms with Gasteiger partial charge in [0.05, 0.1) is 12.2 Å². The summed E-state index contributed by atoms with van der Waals surface area (Å²) in [6.07, 6.45) is 0.970. The molecule has 0 N–H and O–H groups in total. The third kappa shape index (κ3) is 5.18. The summed E-state index contributed by atoms with van der Waals surface area (Å²) in [7, 11) is 0. The van der Waals surface area contributed by atoms with Gasteiger partial charge in [-0.2, -0.15) is 0 Å². The average Bonchev–Trinajstić information content (AvgIpc) is 3.38. The number of rotatable bonds is 6. The van der Waals surface area contributed by atoms with Crippen LogP contribution in [0.2, 0.25) is 5.02 Å². The predicted molar refractivity (Wildman–Crippen MR) is 145 cm³/mol. The maximum Gasteiger partial charge on any atom is 0.289 e. The van der Waals surface area contributed by atoms with Crippen molar-refractivity contribution >= 4 is 34.8 Å². The SMILES string of the molecule is CCC(C)(C)c1ccc2c(c1)N(Cc1ccc(C(=O)N3CCN(c4cccc(Cl)c4)CC3)o1)C(=O)CO2. The summed E-state index contributed by atoms with van der Waals surface area (Å²) in [6.45, 7) is 9.35. The van der Waals surface area contributed by atoms with E-state index in [2.05, 4.69) is 31.7 Å². The van der Waals surface area contributed by atoms with Crippen LogP contribution in [-0.2, 0) is 16.8 Å². The Morgan fingerprint density at radius 1 is 1.03 bits per heavy atom. The van der Waals surface area contributed by atoms with Gasteiger partial charge in [0.25, 0.3) is 11.8 Å². The number of carbonyl (C=O) groups is 2. The molecule has 194 valence electrons. The summed E-state index contributed by atoms with van der Waals surface area (Å²) < 4.78 is 11.6. The molecule has 1 fully saturated rings. The molecule has 1 aromatic heterocycles. The fraction of sp³-hybridized carbons (Fsp3) is 0.379. The van der Waals surface area contributed by atoms with Crippen molar-refractivity contribution in [2.45, 2.75) is 39.2 Å². The van der Waals surface area contributed by atoms with Gasteiger partial charge in [-0.25, -0.2) is 0 Å². The third-order valence-electron chi connectivity index (χ3n) is 7.49. The minimum Gasteiger partial charge on any atom is -0.482 e. The van der Waals surface area contributed by atoms with E-state index in [-0.39, 0.29) is 36.1 Å². The number of fused-ring (bicyclic) bond motifs is 1. The van der Waals surface area contributed by atoms with Gasteiger partial charge in [-0.15, -0.1) is 0 Å². The Balaban J connectivity index is 1.27. The van der Waals surface area contributed by atoms with Crippen molar-refractivity contribution in [1.29, 1.82) is 0 Å². The molecule has 0 aliphatic carbocycles. The van der Waals surface area contributed by atoms with E-state index < -0.39 is 0 Å². The second-order valence-electron chi connectivity index (χ2n) is 10.2. The molecule has 2 aliphatic heterocycles. The van der Waals surface area contributed by atoms with Gasteiger partial charge < -0.3 is 19.0 Å². The molecule has 37 heavy (non-hydrogen) atoms. The fourth-order valence-electron chi connectivity index (χ4n) is 4.73. The first-order valence-electron chi connectivity index (χ1n) is 12.7. The van der Waals surface area contributed by atoms with Gasteiger partial charge in [0.15, 0.2) is 12.4 Å². The predicted octanol–water partition coefficient (Wildman–Crippen LogP) is 5.51. The number of halogens is 1. The van der Waals surface area contributed by atoms with Crippen molar-refractivity contribution in [3.05, 3.63) is 76.7 Å². The van der Waals surface area contributed by atoms with Gasteiger partial charge in [0.1, 0.15) is 11.5 Å². The lowest BCUT2D eigenvalue weighted by molar-refractivity contribution is -0.121. The Kier molecular flexibility index (Phi) is 6.90. The van der Waals surface area contributed by atoms with E-state index in [0.717, 1.165) is 36.4 Å². The van der Waals surface area contributed by atoms with E-state index in [4.69, 9.17) is 20.8 Å². The number of nitrogens with zero attached hydrogens (tertiary/aromatic N) is 3. The maximum atomic E-state index is 13.1. The molecule has 0 atom stereocenters. The quantitative estimate of drug-likeness (QED) is 0.428. The first-order valence-corrected chi connectivity index (χ1v) is 13.1. The molecule has 2 amide bonds. The number of piperazine rings is 1. The highest BCUT2D eigenvalue weighted by molar-refractivity contribution is 6.30. The normalized spacial score (nSPS) is 16.0. The number of amides is 2. The highest BCUT2D eigenvalue weighted by Crippen LogP contribution is 2.38. The smallest absolute Gasteiger partial charge is 0.289 e. The van der Waals surface area contributed by atoms with Crippen LogP contribution in [0.25, 0.3) is 0 Å². The molecule has 0 unspecified atom stereocenters. The van der Waals surface area contributed by atoms with Crippen LogP contribution in [0, 0.1) is 0 Å². The molecule has 5 rings (SSSR count). The highest BCUT2D eigenvalue weighted by Gasteiger charge is 2.30. The lowest BCUT2D eigenvalue weighted by atomic mass is 9.82. The van der Waals surface area contributed by atoms with Gasteiger partial charge >= 0.3 is 0 Å². The van der Waals surface area contributed by atoms with E-state index in [1.165, 1.54) is 0 Å². The summed E-state index contributed by atoms with van der Waals surface area (Å²) in [5, 5.41) is 0.700. The molecule has 0 spiro atoms. The van der Waals surface area contributed by atoms with Crippen LogP contribution in [-0.4, -0.2) is 49.5 Å². The number of benzene rings is 2. The molecule has 0 bridgehead atoms. The Bertz CT molecular complexity index is 1310. The largest absolute Gasteiger partial charge is 0.482 e.